The van der Waals surface area contributed by atoms with Gasteiger partial charge in [-0.15, -0.1) is 0 Å². The highest BCUT2D eigenvalue weighted by Crippen LogP contribution is 2.27. The molecule has 0 atom stereocenters. The van der Waals surface area contributed by atoms with Gasteiger partial charge in [0.05, 0.1) is 11.4 Å². The van der Waals surface area contributed by atoms with E-state index < -0.39 is 0 Å². The Balaban J connectivity index is 1.71. The van der Waals surface area contributed by atoms with Crippen molar-refractivity contribution in [2.24, 2.45) is 0 Å². The zero-order chi connectivity index (χ0) is 24.6. The second-order valence-corrected chi connectivity index (χ2v) is 8.70. The van der Waals surface area contributed by atoms with Gasteiger partial charge >= 0.3 is 0 Å². The summed E-state index contributed by atoms with van der Waals surface area (Å²) in [5, 5.41) is 8.53. The lowest BCUT2D eigenvalue weighted by molar-refractivity contribution is -0.116. The molecule has 4 rings (SSSR count). The fourth-order valence-electron chi connectivity index (χ4n) is 4.52. The minimum Gasteiger partial charge on any atom is -0.326 e. The van der Waals surface area contributed by atoms with Crippen molar-refractivity contribution in [1.29, 1.82) is 0 Å². The van der Waals surface area contributed by atoms with Crippen LogP contribution in [0.4, 0.5) is 10.1 Å². The first kappa shape index (κ1) is 23.4. The normalized spacial score (nSPS) is 11.2. The first-order valence-electron chi connectivity index (χ1n) is 11.5. The van der Waals surface area contributed by atoms with E-state index >= 15 is 0 Å². The van der Waals surface area contributed by atoms with E-state index in [4.69, 9.17) is 5.10 Å². The van der Waals surface area contributed by atoms with Crippen LogP contribution in [0.2, 0.25) is 0 Å². The van der Waals surface area contributed by atoms with Crippen LogP contribution in [-0.4, -0.2) is 20.3 Å². The Hall–Kier alpha value is -3.74. The number of benzene rings is 2. The zero-order valence-corrected chi connectivity index (χ0v) is 20.2. The van der Waals surface area contributed by atoms with Crippen molar-refractivity contribution in [3.05, 3.63) is 86.6 Å². The highest BCUT2D eigenvalue weighted by atomic mass is 19.1. The molecule has 2 heterocycles. The van der Waals surface area contributed by atoms with Gasteiger partial charge in [-0.05, 0) is 88.1 Å². The number of nitrogens with one attached hydrogen (secondary N) is 1. The van der Waals surface area contributed by atoms with E-state index in [0.29, 0.717) is 29.8 Å². The van der Waals surface area contributed by atoms with Gasteiger partial charge in [-0.1, -0.05) is 12.1 Å². The van der Waals surface area contributed by atoms with Crippen molar-refractivity contribution < 1.29 is 9.18 Å². The lowest BCUT2D eigenvalue weighted by atomic mass is 10.0. The summed E-state index contributed by atoms with van der Waals surface area (Å²) in [6.07, 6.45) is 0.453. The molecule has 176 valence electrons. The summed E-state index contributed by atoms with van der Waals surface area (Å²) in [6.45, 7) is 10.1. The Labute approximate surface area is 198 Å². The molecule has 0 aliphatic carbocycles. The predicted octanol–water partition coefficient (Wildman–Crippen LogP) is 5.15. The van der Waals surface area contributed by atoms with Gasteiger partial charge in [0.2, 0.25) is 5.91 Å². The number of hydrogen-bond acceptors (Lipinski definition) is 3. The largest absolute Gasteiger partial charge is 0.326 e. The molecule has 7 heteroatoms. The van der Waals surface area contributed by atoms with Gasteiger partial charge in [0, 0.05) is 29.6 Å². The fraction of sp³-hybridized carbons (Fsp3) is 0.296. The van der Waals surface area contributed by atoms with Gasteiger partial charge in [-0.25, -0.2) is 9.07 Å². The molecule has 2 aromatic carbocycles. The van der Waals surface area contributed by atoms with E-state index in [9.17, 15) is 14.0 Å². The topological polar surface area (TPSA) is 68.9 Å². The fourth-order valence-corrected chi connectivity index (χ4v) is 4.52. The van der Waals surface area contributed by atoms with Crippen molar-refractivity contribution in [2.75, 3.05) is 5.32 Å². The van der Waals surface area contributed by atoms with E-state index in [2.05, 4.69) is 5.32 Å². The maximum Gasteiger partial charge on any atom is 0.255 e. The van der Waals surface area contributed by atoms with E-state index in [0.717, 1.165) is 33.5 Å². The molecule has 0 bridgehead atoms. The number of nitrogens with zero attached hydrogens (tertiary/aromatic N) is 3. The van der Waals surface area contributed by atoms with Crippen LogP contribution >= 0.6 is 0 Å². The summed E-state index contributed by atoms with van der Waals surface area (Å²) < 4.78 is 16.9. The van der Waals surface area contributed by atoms with Crippen molar-refractivity contribution >= 4 is 22.6 Å². The van der Waals surface area contributed by atoms with Gasteiger partial charge in [-0.3, -0.25) is 14.2 Å². The van der Waals surface area contributed by atoms with E-state index in [-0.39, 0.29) is 23.7 Å². The first-order chi connectivity index (χ1) is 16.2. The number of carbonyl (C=O) groups excluding carboxylic acids is 1. The number of pyridine rings is 1. The van der Waals surface area contributed by atoms with Crippen LogP contribution in [0, 0.1) is 33.5 Å². The van der Waals surface area contributed by atoms with Crippen LogP contribution in [0.3, 0.4) is 0 Å². The van der Waals surface area contributed by atoms with Crippen LogP contribution in [-0.2, 0) is 17.8 Å². The summed E-state index contributed by atoms with van der Waals surface area (Å²) in [5.74, 6) is -0.565. The molecule has 0 aliphatic rings. The van der Waals surface area contributed by atoms with Crippen molar-refractivity contribution in [2.45, 2.75) is 54.0 Å². The number of carbonyl (C=O) groups is 1. The Morgan fingerprint density at radius 3 is 2.53 bits per heavy atom. The average molecular weight is 461 g/mol. The van der Waals surface area contributed by atoms with Crippen LogP contribution in [0.1, 0.15) is 41.3 Å². The number of aryl methyl sites for hydroxylation is 5. The molecule has 0 saturated heterocycles. The quantitative estimate of drug-likeness (QED) is 0.433. The lowest BCUT2D eigenvalue weighted by Gasteiger charge is -2.15. The molecular weight excluding hydrogens is 431 g/mol. The van der Waals surface area contributed by atoms with Crippen molar-refractivity contribution in [3.8, 4) is 5.69 Å². The maximum absolute atomic E-state index is 13.5. The molecule has 1 amide bonds. The molecule has 0 radical (unpaired) electrons. The van der Waals surface area contributed by atoms with Crippen molar-refractivity contribution in [1.82, 2.24) is 14.3 Å². The molecule has 1 N–H and O–H groups in total. The lowest BCUT2D eigenvalue weighted by Crippen LogP contribution is -2.27. The highest BCUT2D eigenvalue weighted by Gasteiger charge is 2.21. The summed E-state index contributed by atoms with van der Waals surface area (Å²) in [7, 11) is 0. The standard InChI is InChI=1S/C27H29FN4O2/c1-6-31-26-25(19(5)30-32(26)21-9-7-8-16(2)14-21)18(4)22(27(31)34)11-13-24(33)29-23-12-10-20(28)15-17(23)3/h7-10,12,14-15H,6,11,13H2,1-5H3,(H,29,33). The number of rotatable bonds is 6. The van der Waals surface area contributed by atoms with Crippen LogP contribution in [0.15, 0.2) is 47.3 Å². The smallest absolute Gasteiger partial charge is 0.255 e. The monoisotopic (exact) mass is 460 g/mol. The molecule has 0 fully saturated rings. The van der Waals surface area contributed by atoms with Gasteiger partial charge in [-0.2, -0.15) is 5.10 Å². The number of anilines is 1. The molecule has 0 aliphatic heterocycles. The Kier molecular flexibility index (Phi) is 6.37. The molecule has 34 heavy (non-hydrogen) atoms. The second kappa shape index (κ2) is 9.25. The number of fused-ring (bicyclic) bond motifs is 1. The third kappa shape index (κ3) is 4.25. The van der Waals surface area contributed by atoms with E-state index in [1.165, 1.54) is 12.1 Å². The van der Waals surface area contributed by atoms with E-state index in [1.54, 1.807) is 17.6 Å². The first-order valence-corrected chi connectivity index (χ1v) is 11.5. The molecule has 0 unspecified atom stereocenters. The summed E-state index contributed by atoms with van der Waals surface area (Å²) >= 11 is 0. The number of aromatic nitrogens is 3. The predicted molar refractivity (Wildman–Crippen MR) is 133 cm³/mol. The Morgan fingerprint density at radius 2 is 1.85 bits per heavy atom. The SMILES string of the molecule is CCn1c(=O)c(CCC(=O)Nc2ccc(F)cc2C)c(C)c2c(C)nn(-c3cccc(C)c3)c21. The number of halogens is 1. The van der Waals surface area contributed by atoms with Crippen LogP contribution in [0.25, 0.3) is 16.7 Å². The van der Waals surface area contributed by atoms with Crippen molar-refractivity contribution in [3.63, 3.8) is 0 Å². The van der Waals surface area contributed by atoms with E-state index in [1.807, 2.05) is 56.6 Å². The maximum atomic E-state index is 13.5. The molecule has 2 aromatic heterocycles. The number of amides is 1. The molecule has 6 nitrogen and oxygen atoms in total. The van der Waals surface area contributed by atoms with Crippen LogP contribution in [0.5, 0.6) is 0 Å². The Morgan fingerprint density at radius 1 is 1.09 bits per heavy atom. The third-order valence-corrected chi connectivity index (χ3v) is 6.25. The van der Waals surface area contributed by atoms with Crippen LogP contribution < -0.4 is 10.9 Å². The van der Waals surface area contributed by atoms with Gasteiger partial charge in [0.1, 0.15) is 11.5 Å². The van der Waals surface area contributed by atoms with Gasteiger partial charge in [0.15, 0.2) is 0 Å². The number of hydrogen-bond donors (Lipinski definition) is 1. The summed E-state index contributed by atoms with van der Waals surface area (Å²) in [6, 6.07) is 12.3. The third-order valence-electron chi connectivity index (χ3n) is 6.25. The minimum atomic E-state index is -0.346. The highest BCUT2D eigenvalue weighted by molar-refractivity contribution is 5.92. The minimum absolute atomic E-state index is 0.105. The molecule has 0 saturated carbocycles. The zero-order valence-electron chi connectivity index (χ0n) is 20.2. The van der Waals surface area contributed by atoms with Gasteiger partial charge < -0.3 is 5.32 Å². The molecule has 4 aromatic rings. The second-order valence-electron chi connectivity index (χ2n) is 8.70. The van der Waals surface area contributed by atoms with Gasteiger partial charge in [0.25, 0.3) is 5.56 Å². The Bertz CT molecular complexity index is 1470. The molecular formula is C27H29FN4O2. The summed E-state index contributed by atoms with van der Waals surface area (Å²) in [4.78, 5) is 26.1. The molecule has 0 spiro atoms. The average Bonchev–Trinajstić information content (AvgIpc) is 3.13. The summed E-state index contributed by atoms with van der Waals surface area (Å²) in [5.41, 5.74) is 6.21.